The zero-order valence-electron chi connectivity index (χ0n) is 23.2. The molecular weight excluding hydrogens is 526 g/mol. The molecule has 0 aliphatic rings. The van der Waals surface area contributed by atoms with E-state index in [2.05, 4.69) is 35.3 Å². The third kappa shape index (κ3) is 7.72. The predicted molar refractivity (Wildman–Crippen MR) is 154 cm³/mol. The average molecular weight is 560 g/mol. The predicted octanol–water partition coefficient (Wildman–Crippen LogP) is 4.80. The van der Waals surface area contributed by atoms with Crippen molar-refractivity contribution in [3.05, 3.63) is 66.7 Å². The minimum atomic E-state index is -0.647. The van der Waals surface area contributed by atoms with E-state index in [1.165, 1.54) is 7.11 Å². The van der Waals surface area contributed by atoms with Crippen molar-refractivity contribution in [1.29, 1.82) is 0 Å². The summed E-state index contributed by atoms with van der Waals surface area (Å²) in [4.78, 5) is 52.1. The summed E-state index contributed by atoms with van der Waals surface area (Å²) in [7, 11) is 1.25. The van der Waals surface area contributed by atoms with Crippen molar-refractivity contribution in [1.82, 2.24) is 30.2 Å². The van der Waals surface area contributed by atoms with Crippen LogP contribution in [-0.2, 0) is 20.8 Å². The van der Waals surface area contributed by atoms with Crippen LogP contribution < -0.4 is 10.6 Å². The van der Waals surface area contributed by atoms with Crippen molar-refractivity contribution in [2.75, 3.05) is 32.1 Å². The number of aromatic amines is 2. The molecule has 0 radical (unpaired) electrons. The molecule has 0 atom stereocenters. The zero-order valence-corrected chi connectivity index (χ0v) is 23.2. The lowest BCUT2D eigenvalue weighted by atomic mass is 10.0. The van der Waals surface area contributed by atoms with Gasteiger partial charge in [-0.15, -0.1) is 0 Å². The molecule has 12 heteroatoms. The summed E-state index contributed by atoms with van der Waals surface area (Å²) in [5, 5.41) is 4.97. The smallest absolute Gasteiger partial charge is 0.413 e. The number of imidazole rings is 2. The maximum absolute atomic E-state index is 12.6. The maximum atomic E-state index is 12.6. The Balaban J connectivity index is 1.38. The number of ether oxygens (including phenoxy) is 2. The van der Waals surface area contributed by atoms with Gasteiger partial charge in [-0.2, -0.15) is 0 Å². The molecule has 4 rings (SSSR count). The second-order valence-corrected chi connectivity index (χ2v) is 9.05. The first-order chi connectivity index (χ1) is 19.9. The van der Waals surface area contributed by atoms with Crippen molar-refractivity contribution in [2.24, 2.45) is 0 Å². The Morgan fingerprint density at radius 2 is 1.41 bits per heavy atom. The number of carbonyl (C=O) groups is 3. The third-order valence-corrected chi connectivity index (χ3v) is 6.18. The lowest BCUT2D eigenvalue weighted by Gasteiger charge is -2.21. The highest BCUT2D eigenvalue weighted by molar-refractivity contribution is 5.83. The molecule has 214 valence electrons. The monoisotopic (exact) mass is 559 g/mol. The second-order valence-electron chi connectivity index (χ2n) is 9.05. The Bertz CT molecular complexity index is 1460. The highest BCUT2D eigenvalue weighted by Gasteiger charge is 2.16. The molecular formula is C29H33N7O5. The van der Waals surface area contributed by atoms with Gasteiger partial charge < -0.3 is 29.7 Å². The number of carbonyl (C=O) groups excluding carboxylic acids is 3. The molecule has 12 nitrogen and oxygen atoms in total. The normalized spacial score (nSPS) is 10.6. The van der Waals surface area contributed by atoms with Gasteiger partial charge in [-0.25, -0.2) is 19.6 Å². The fraction of sp³-hybridized carbons (Fsp3) is 0.276. The summed E-state index contributed by atoms with van der Waals surface area (Å²) in [6.07, 6.45) is 2.97. The number of hydrogen-bond acceptors (Lipinski definition) is 7. The SMILES string of the molecule is CCCN(Cc1ncc(-c2ccc(-c3ccc(-c4cnc(NC(=O)OCC)[nH]4)cc3)cc2)[nH]1)C(=O)CNC(=O)OC. The molecule has 0 aliphatic carbocycles. The Morgan fingerprint density at radius 1 is 0.829 bits per heavy atom. The molecule has 2 aromatic heterocycles. The third-order valence-electron chi connectivity index (χ3n) is 6.18. The Labute approximate surface area is 237 Å². The van der Waals surface area contributed by atoms with E-state index in [0.29, 0.717) is 24.9 Å². The topological polar surface area (TPSA) is 154 Å². The number of nitrogens with zero attached hydrogens (tertiary/aromatic N) is 3. The summed E-state index contributed by atoms with van der Waals surface area (Å²) in [5.74, 6) is 0.756. The number of H-pyrrole nitrogens is 2. The molecule has 0 saturated carbocycles. The van der Waals surface area contributed by atoms with Crippen LogP contribution in [0.4, 0.5) is 15.5 Å². The van der Waals surface area contributed by atoms with E-state index in [0.717, 1.165) is 40.1 Å². The summed E-state index contributed by atoms with van der Waals surface area (Å²) in [6, 6.07) is 16.1. The van der Waals surface area contributed by atoms with Crippen molar-refractivity contribution in [3.63, 3.8) is 0 Å². The van der Waals surface area contributed by atoms with E-state index in [9.17, 15) is 14.4 Å². The van der Waals surface area contributed by atoms with Crippen LogP contribution in [0.1, 0.15) is 26.1 Å². The summed E-state index contributed by atoms with van der Waals surface area (Å²) in [5.41, 5.74) is 5.59. The number of alkyl carbamates (subject to hydrolysis) is 1. The Kier molecular flexibility index (Phi) is 9.71. The molecule has 2 heterocycles. The van der Waals surface area contributed by atoms with Gasteiger partial charge in [0.1, 0.15) is 12.4 Å². The second kappa shape index (κ2) is 13.8. The average Bonchev–Trinajstić information content (AvgIpc) is 3.66. The van der Waals surface area contributed by atoms with Crippen LogP contribution in [0.5, 0.6) is 0 Å². The van der Waals surface area contributed by atoms with Crippen LogP contribution in [0.3, 0.4) is 0 Å². The van der Waals surface area contributed by atoms with Gasteiger partial charge >= 0.3 is 12.2 Å². The zero-order chi connectivity index (χ0) is 29.2. The van der Waals surface area contributed by atoms with Gasteiger partial charge in [-0.3, -0.25) is 10.1 Å². The fourth-order valence-corrected chi connectivity index (χ4v) is 4.14. The van der Waals surface area contributed by atoms with Gasteiger partial charge in [0, 0.05) is 6.54 Å². The number of hydrogen-bond donors (Lipinski definition) is 4. The molecule has 0 unspecified atom stereocenters. The highest BCUT2D eigenvalue weighted by atomic mass is 16.5. The first kappa shape index (κ1) is 28.9. The van der Waals surface area contributed by atoms with Gasteiger partial charge in [-0.05, 0) is 35.6 Å². The minimum Gasteiger partial charge on any atom is -0.453 e. The molecule has 2 aromatic carbocycles. The van der Waals surface area contributed by atoms with E-state index in [4.69, 9.17) is 4.74 Å². The van der Waals surface area contributed by atoms with E-state index in [1.807, 2.05) is 55.5 Å². The molecule has 0 aliphatic heterocycles. The molecule has 0 bridgehead atoms. The van der Waals surface area contributed by atoms with E-state index in [-0.39, 0.29) is 19.1 Å². The molecule has 41 heavy (non-hydrogen) atoms. The van der Waals surface area contributed by atoms with E-state index < -0.39 is 12.2 Å². The van der Waals surface area contributed by atoms with Gasteiger partial charge in [0.25, 0.3) is 0 Å². The van der Waals surface area contributed by atoms with Crippen molar-refractivity contribution >= 4 is 24.0 Å². The summed E-state index contributed by atoms with van der Waals surface area (Å²) in [6.45, 7) is 4.70. The van der Waals surface area contributed by atoms with Crippen molar-refractivity contribution in [3.8, 4) is 33.6 Å². The number of nitrogens with one attached hydrogen (secondary N) is 4. The lowest BCUT2D eigenvalue weighted by molar-refractivity contribution is -0.130. The van der Waals surface area contributed by atoms with Crippen LogP contribution in [0, 0.1) is 0 Å². The quantitative estimate of drug-likeness (QED) is 0.206. The molecule has 3 amide bonds. The van der Waals surface area contributed by atoms with Crippen molar-refractivity contribution in [2.45, 2.75) is 26.8 Å². The lowest BCUT2D eigenvalue weighted by Crippen LogP contribution is -2.40. The fourth-order valence-electron chi connectivity index (χ4n) is 4.14. The number of methoxy groups -OCH3 is 1. The number of amides is 3. The summed E-state index contributed by atoms with van der Waals surface area (Å²) >= 11 is 0. The van der Waals surface area contributed by atoms with Gasteiger partial charge in [0.2, 0.25) is 11.9 Å². The van der Waals surface area contributed by atoms with Crippen LogP contribution in [0.2, 0.25) is 0 Å². The van der Waals surface area contributed by atoms with Gasteiger partial charge in [0.05, 0.1) is 44.0 Å². The van der Waals surface area contributed by atoms with Crippen molar-refractivity contribution < 1.29 is 23.9 Å². The number of anilines is 1. The number of benzene rings is 2. The Morgan fingerprint density at radius 3 is 2.00 bits per heavy atom. The molecule has 0 spiro atoms. The Hall–Kier alpha value is -5.13. The largest absolute Gasteiger partial charge is 0.453 e. The molecule has 0 fully saturated rings. The van der Waals surface area contributed by atoms with E-state index in [1.54, 1.807) is 24.2 Å². The molecule has 0 saturated heterocycles. The van der Waals surface area contributed by atoms with Gasteiger partial charge in [0.15, 0.2) is 0 Å². The maximum Gasteiger partial charge on any atom is 0.413 e. The standard InChI is InChI=1S/C29H33N7O5/c1-4-14-36(26(37)17-32-28(38)40-3)18-25-30-15-23(33-25)21-10-6-19(7-11-21)20-8-12-22(13-9-20)24-16-31-27(34-24)35-29(39)41-5-2/h6-13,15-16H,4-5,14,17-18H2,1-3H3,(H,30,33)(H,32,38)(H2,31,34,35,39). The number of rotatable bonds is 11. The minimum absolute atomic E-state index is 0.141. The van der Waals surface area contributed by atoms with Crippen LogP contribution in [0.25, 0.3) is 33.6 Å². The van der Waals surface area contributed by atoms with Crippen LogP contribution >= 0.6 is 0 Å². The first-order valence-electron chi connectivity index (χ1n) is 13.2. The highest BCUT2D eigenvalue weighted by Crippen LogP contribution is 2.27. The number of aromatic nitrogens is 4. The van der Waals surface area contributed by atoms with Crippen LogP contribution in [0.15, 0.2) is 60.9 Å². The van der Waals surface area contributed by atoms with Gasteiger partial charge in [-0.1, -0.05) is 55.5 Å². The first-order valence-corrected chi connectivity index (χ1v) is 13.2. The van der Waals surface area contributed by atoms with E-state index >= 15 is 0 Å². The summed E-state index contributed by atoms with van der Waals surface area (Å²) < 4.78 is 9.40. The molecule has 4 aromatic rings. The van der Waals surface area contributed by atoms with Crippen LogP contribution in [-0.4, -0.2) is 69.7 Å². The molecule has 4 N–H and O–H groups in total.